The Kier molecular flexibility index (Phi) is 4.63. The predicted molar refractivity (Wildman–Crippen MR) is 79.7 cm³/mol. The molecule has 0 aliphatic heterocycles. The Balaban J connectivity index is 2.15. The smallest absolute Gasteiger partial charge is 0.254 e. The van der Waals surface area contributed by atoms with E-state index < -0.39 is 0 Å². The van der Waals surface area contributed by atoms with E-state index in [2.05, 4.69) is 0 Å². The van der Waals surface area contributed by atoms with Gasteiger partial charge in [-0.15, -0.1) is 0 Å². The summed E-state index contributed by atoms with van der Waals surface area (Å²) < 4.78 is 10.5. The molecule has 0 unspecified atom stereocenters. The Labute approximate surface area is 122 Å². The zero-order valence-electron chi connectivity index (χ0n) is 11.8. The molecule has 4 nitrogen and oxygen atoms in total. The minimum absolute atomic E-state index is 0.00382. The van der Waals surface area contributed by atoms with E-state index in [1.54, 1.807) is 26.2 Å². The van der Waals surface area contributed by atoms with Gasteiger partial charge in [-0.25, -0.2) is 0 Å². The second-order valence-electron chi connectivity index (χ2n) is 4.35. The first-order valence-corrected chi connectivity index (χ1v) is 7.08. The van der Waals surface area contributed by atoms with E-state index in [0.29, 0.717) is 17.9 Å². The van der Waals surface area contributed by atoms with Gasteiger partial charge in [-0.3, -0.25) is 4.79 Å². The van der Waals surface area contributed by atoms with Gasteiger partial charge in [-0.2, -0.15) is 11.3 Å². The first-order valence-electron chi connectivity index (χ1n) is 6.14. The largest absolute Gasteiger partial charge is 0.497 e. The number of carbonyl (C=O) groups excluding carboxylic acids is 1. The first kappa shape index (κ1) is 14.4. The maximum Gasteiger partial charge on any atom is 0.254 e. The Morgan fingerprint density at radius 2 is 2.05 bits per heavy atom. The van der Waals surface area contributed by atoms with Crippen molar-refractivity contribution in [2.24, 2.45) is 0 Å². The molecular weight excluding hydrogens is 274 g/mol. The van der Waals surface area contributed by atoms with Crippen molar-refractivity contribution in [1.29, 1.82) is 0 Å². The number of hydrogen-bond donors (Lipinski definition) is 0. The molecule has 0 bridgehead atoms. The Morgan fingerprint density at radius 3 is 2.65 bits per heavy atom. The lowest BCUT2D eigenvalue weighted by molar-refractivity contribution is 0.0785. The van der Waals surface area contributed by atoms with Crippen molar-refractivity contribution in [3.05, 3.63) is 46.2 Å². The molecule has 0 spiro atoms. The normalized spacial score (nSPS) is 10.2. The molecule has 0 radical (unpaired) electrons. The van der Waals surface area contributed by atoms with E-state index in [0.717, 1.165) is 11.3 Å². The number of benzene rings is 1. The highest BCUT2D eigenvalue weighted by Crippen LogP contribution is 2.25. The lowest BCUT2D eigenvalue weighted by Crippen LogP contribution is -2.25. The SMILES string of the molecule is COc1ccc(CN(C)C(=O)c2ccsc2)c(OC)c1. The maximum atomic E-state index is 12.2. The second-order valence-corrected chi connectivity index (χ2v) is 5.13. The number of ether oxygens (including phenoxy) is 2. The molecule has 0 N–H and O–H groups in total. The molecule has 2 rings (SSSR count). The van der Waals surface area contributed by atoms with Crippen LogP contribution in [0.1, 0.15) is 15.9 Å². The standard InChI is InChI=1S/C15H17NO3S/c1-16(15(17)12-6-7-20-10-12)9-11-4-5-13(18-2)8-14(11)19-3/h4-8,10H,9H2,1-3H3. The van der Waals surface area contributed by atoms with Crippen LogP contribution in [0, 0.1) is 0 Å². The van der Waals surface area contributed by atoms with E-state index in [1.807, 2.05) is 35.0 Å². The molecule has 0 saturated carbocycles. The van der Waals surface area contributed by atoms with Crippen LogP contribution in [0.3, 0.4) is 0 Å². The molecule has 106 valence electrons. The maximum absolute atomic E-state index is 12.2. The van der Waals surface area contributed by atoms with Gasteiger partial charge in [0.25, 0.3) is 5.91 Å². The summed E-state index contributed by atoms with van der Waals surface area (Å²) >= 11 is 1.52. The Bertz CT molecular complexity index is 581. The zero-order valence-corrected chi connectivity index (χ0v) is 12.6. The van der Waals surface area contributed by atoms with Crippen molar-refractivity contribution in [2.45, 2.75) is 6.54 Å². The van der Waals surface area contributed by atoms with Crippen LogP contribution in [0.15, 0.2) is 35.0 Å². The van der Waals surface area contributed by atoms with Gasteiger partial charge < -0.3 is 14.4 Å². The van der Waals surface area contributed by atoms with Crippen molar-refractivity contribution in [3.63, 3.8) is 0 Å². The van der Waals surface area contributed by atoms with Gasteiger partial charge in [-0.1, -0.05) is 0 Å². The van der Waals surface area contributed by atoms with Gasteiger partial charge >= 0.3 is 0 Å². The van der Waals surface area contributed by atoms with Gasteiger partial charge in [-0.05, 0) is 23.6 Å². The van der Waals surface area contributed by atoms with Gasteiger partial charge in [0.1, 0.15) is 11.5 Å². The third-order valence-corrected chi connectivity index (χ3v) is 3.70. The van der Waals surface area contributed by atoms with Crippen LogP contribution in [0.4, 0.5) is 0 Å². The highest BCUT2D eigenvalue weighted by Gasteiger charge is 2.14. The number of amides is 1. The van der Waals surface area contributed by atoms with Crippen molar-refractivity contribution >= 4 is 17.2 Å². The van der Waals surface area contributed by atoms with E-state index in [1.165, 1.54) is 11.3 Å². The van der Waals surface area contributed by atoms with Gasteiger partial charge in [0.2, 0.25) is 0 Å². The molecule has 0 aliphatic rings. The quantitative estimate of drug-likeness (QED) is 0.850. The summed E-state index contributed by atoms with van der Waals surface area (Å²) in [6.07, 6.45) is 0. The molecular formula is C15H17NO3S. The molecule has 2 aromatic rings. The van der Waals surface area contributed by atoms with Gasteiger partial charge in [0.05, 0.1) is 19.8 Å². The highest BCUT2D eigenvalue weighted by molar-refractivity contribution is 7.08. The third-order valence-electron chi connectivity index (χ3n) is 3.02. The summed E-state index contributed by atoms with van der Waals surface area (Å²) in [6.45, 7) is 0.488. The van der Waals surface area contributed by atoms with Crippen LogP contribution in [0.2, 0.25) is 0 Å². The highest BCUT2D eigenvalue weighted by atomic mass is 32.1. The fraction of sp³-hybridized carbons (Fsp3) is 0.267. The lowest BCUT2D eigenvalue weighted by atomic mass is 10.1. The van der Waals surface area contributed by atoms with E-state index in [4.69, 9.17) is 9.47 Å². The fourth-order valence-corrected chi connectivity index (χ4v) is 2.55. The average Bonchev–Trinajstić information content (AvgIpc) is 3.00. The van der Waals surface area contributed by atoms with Crippen LogP contribution in [-0.2, 0) is 6.54 Å². The van der Waals surface area contributed by atoms with Crippen molar-refractivity contribution < 1.29 is 14.3 Å². The van der Waals surface area contributed by atoms with Gasteiger partial charge in [0, 0.05) is 30.6 Å². The molecule has 0 aliphatic carbocycles. The molecule has 1 amide bonds. The third kappa shape index (κ3) is 3.11. The molecule has 1 aromatic carbocycles. The Morgan fingerprint density at radius 1 is 1.25 bits per heavy atom. The predicted octanol–water partition coefficient (Wildman–Crippen LogP) is 3.04. The van der Waals surface area contributed by atoms with Crippen LogP contribution >= 0.6 is 11.3 Å². The molecule has 0 saturated heterocycles. The summed E-state index contributed by atoms with van der Waals surface area (Å²) in [5, 5.41) is 3.75. The zero-order chi connectivity index (χ0) is 14.5. The second kappa shape index (κ2) is 6.43. The van der Waals surface area contributed by atoms with E-state index >= 15 is 0 Å². The van der Waals surface area contributed by atoms with Crippen LogP contribution in [-0.4, -0.2) is 32.1 Å². The summed E-state index contributed by atoms with van der Waals surface area (Å²) in [5.74, 6) is 1.45. The van der Waals surface area contributed by atoms with Crippen LogP contribution in [0.25, 0.3) is 0 Å². The lowest BCUT2D eigenvalue weighted by Gasteiger charge is -2.18. The monoisotopic (exact) mass is 291 g/mol. The Hall–Kier alpha value is -2.01. The van der Waals surface area contributed by atoms with Crippen molar-refractivity contribution in [1.82, 2.24) is 4.90 Å². The number of carbonyl (C=O) groups is 1. The molecule has 20 heavy (non-hydrogen) atoms. The summed E-state index contributed by atoms with van der Waals surface area (Å²) in [6, 6.07) is 7.42. The summed E-state index contributed by atoms with van der Waals surface area (Å²) in [7, 11) is 5.00. The number of thiophene rings is 1. The molecule has 5 heteroatoms. The summed E-state index contributed by atoms with van der Waals surface area (Å²) in [5.41, 5.74) is 1.66. The fourth-order valence-electron chi connectivity index (χ4n) is 1.92. The summed E-state index contributed by atoms with van der Waals surface area (Å²) in [4.78, 5) is 13.9. The number of rotatable bonds is 5. The first-order chi connectivity index (χ1) is 9.65. The minimum atomic E-state index is 0.00382. The van der Waals surface area contributed by atoms with Crippen LogP contribution < -0.4 is 9.47 Å². The minimum Gasteiger partial charge on any atom is -0.497 e. The van der Waals surface area contributed by atoms with E-state index in [9.17, 15) is 4.79 Å². The van der Waals surface area contributed by atoms with Crippen molar-refractivity contribution in [2.75, 3.05) is 21.3 Å². The average molecular weight is 291 g/mol. The van der Waals surface area contributed by atoms with E-state index in [-0.39, 0.29) is 5.91 Å². The van der Waals surface area contributed by atoms with Crippen molar-refractivity contribution in [3.8, 4) is 11.5 Å². The number of nitrogens with zero attached hydrogens (tertiary/aromatic N) is 1. The molecule has 1 aromatic heterocycles. The topological polar surface area (TPSA) is 38.8 Å². The molecule has 0 atom stereocenters. The number of methoxy groups -OCH3 is 2. The van der Waals surface area contributed by atoms with Crippen LogP contribution in [0.5, 0.6) is 11.5 Å². The molecule has 1 heterocycles. The molecule has 0 fully saturated rings. The van der Waals surface area contributed by atoms with Gasteiger partial charge in [0.15, 0.2) is 0 Å². The number of hydrogen-bond acceptors (Lipinski definition) is 4.